The lowest BCUT2D eigenvalue weighted by Crippen LogP contribution is -2.07. The second-order valence-corrected chi connectivity index (χ2v) is 5.51. The van der Waals surface area contributed by atoms with E-state index >= 15 is 0 Å². The van der Waals surface area contributed by atoms with Gasteiger partial charge >= 0.3 is 0 Å². The van der Waals surface area contributed by atoms with E-state index < -0.39 is 0 Å². The van der Waals surface area contributed by atoms with Crippen molar-refractivity contribution in [2.75, 3.05) is 0 Å². The van der Waals surface area contributed by atoms with Gasteiger partial charge in [-0.25, -0.2) is 0 Å². The van der Waals surface area contributed by atoms with Crippen LogP contribution < -0.4 is 0 Å². The molecule has 0 fully saturated rings. The Bertz CT molecular complexity index is 117. The van der Waals surface area contributed by atoms with Gasteiger partial charge in [0, 0.05) is 5.25 Å². The molecule has 0 N–H and O–H groups in total. The molecular weight excluding hydrogens is 140 g/mol. The zero-order valence-corrected chi connectivity index (χ0v) is 8.51. The summed E-state index contributed by atoms with van der Waals surface area (Å²) in [5.74, 6) is 0. The maximum atomic E-state index is 4.03. The molecule has 10 heavy (non-hydrogen) atoms. The SMILES string of the molecule is C=C(SC(C)C)C(C)(C)C. The van der Waals surface area contributed by atoms with Crippen molar-refractivity contribution in [3.05, 3.63) is 11.5 Å². The first-order valence-corrected chi connectivity index (χ1v) is 4.58. The lowest BCUT2D eigenvalue weighted by molar-refractivity contribution is 0.534. The van der Waals surface area contributed by atoms with Gasteiger partial charge in [-0.3, -0.25) is 0 Å². The monoisotopic (exact) mass is 158 g/mol. The molecule has 0 amide bonds. The first-order valence-electron chi connectivity index (χ1n) is 3.70. The topological polar surface area (TPSA) is 0 Å². The third-order valence-electron chi connectivity index (χ3n) is 1.21. The van der Waals surface area contributed by atoms with Gasteiger partial charge in [0.25, 0.3) is 0 Å². The van der Waals surface area contributed by atoms with Crippen molar-refractivity contribution in [2.24, 2.45) is 5.41 Å². The van der Waals surface area contributed by atoms with Crippen LogP contribution in [-0.2, 0) is 0 Å². The Hall–Kier alpha value is 0.0900. The highest BCUT2D eigenvalue weighted by atomic mass is 32.2. The number of thioether (sulfide) groups is 1. The number of hydrogen-bond acceptors (Lipinski definition) is 1. The Morgan fingerprint density at radius 1 is 1.30 bits per heavy atom. The Morgan fingerprint density at radius 3 is 1.80 bits per heavy atom. The summed E-state index contributed by atoms with van der Waals surface area (Å²) in [5, 5.41) is 0.659. The molecular formula is C9H18S. The summed E-state index contributed by atoms with van der Waals surface area (Å²) >= 11 is 1.87. The molecule has 0 bridgehead atoms. The Labute approximate surface area is 69.1 Å². The highest BCUT2D eigenvalue weighted by molar-refractivity contribution is 8.03. The van der Waals surface area contributed by atoms with Crippen LogP contribution in [0.5, 0.6) is 0 Å². The van der Waals surface area contributed by atoms with Crippen molar-refractivity contribution >= 4 is 11.8 Å². The zero-order chi connectivity index (χ0) is 8.36. The Kier molecular flexibility index (Phi) is 3.50. The van der Waals surface area contributed by atoms with Gasteiger partial charge in [0.05, 0.1) is 0 Å². The van der Waals surface area contributed by atoms with Gasteiger partial charge in [-0.2, -0.15) is 0 Å². The highest BCUT2D eigenvalue weighted by Gasteiger charge is 2.15. The van der Waals surface area contributed by atoms with Crippen LogP contribution in [0.1, 0.15) is 34.6 Å². The van der Waals surface area contributed by atoms with Gasteiger partial charge in [-0.1, -0.05) is 41.2 Å². The van der Waals surface area contributed by atoms with Crippen LogP contribution in [0.3, 0.4) is 0 Å². The van der Waals surface area contributed by atoms with Crippen molar-refractivity contribution in [1.29, 1.82) is 0 Å². The summed E-state index contributed by atoms with van der Waals surface area (Å²) in [4.78, 5) is 1.28. The second kappa shape index (κ2) is 3.47. The first kappa shape index (κ1) is 10.1. The molecule has 0 heterocycles. The molecule has 0 saturated heterocycles. The van der Waals surface area contributed by atoms with Crippen LogP contribution in [-0.4, -0.2) is 5.25 Å². The fourth-order valence-corrected chi connectivity index (χ4v) is 1.38. The summed E-state index contributed by atoms with van der Waals surface area (Å²) in [6, 6.07) is 0. The Balaban J connectivity index is 3.87. The molecule has 0 radical (unpaired) electrons. The first-order chi connectivity index (χ1) is 4.34. The lowest BCUT2D eigenvalue weighted by atomic mass is 9.97. The molecule has 0 aromatic rings. The molecule has 0 aliphatic heterocycles. The van der Waals surface area contributed by atoms with E-state index in [-0.39, 0.29) is 5.41 Å². The Morgan fingerprint density at radius 2 is 1.70 bits per heavy atom. The van der Waals surface area contributed by atoms with Crippen molar-refractivity contribution in [3.8, 4) is 0 Å². The van der Waals surface area contributed by atoms with Gasteiger partial charge in [-0.05, 0) is 10.3 Å². The average Bonchev–Trinajstić information content (AvgIpc) is 1.60. The molecule has 0 aromatic carbocycles. The molecule has 0 unspecified atom stereocenters. The van der Waals surface area contributed by atoms with Crippen molar-refractivity contribution in [1.82, 2.24) is 0 Å². The van der Waals surface area contributed by atoms with E-state index in [0.29, 0.717) is 5.25 Å². The van der Waals surface area contributed by atoms with Crippen LogP contribution in [0.15, 0.2) is 11.5 Å². The molecule has 0 rings (SSSR count). The molecule has 0 aliphatic rings. The fourth-order valence-electron chi connectivity index (χ4n) is 0.461. The molecule has 0 atom stereocenters. The largest absolute Gasteiger partial charge is 0.128 e. The van der Waals surface area contributed by atoms with Crippen LogP contribution in [0.4, 0.5) is 0 Å². The van der Waals surface area contributed by atoms with E-state index in [0.717, 1.165) is 0 Å². The number of allylic oxidation sites excluding steroid dienone is 1. The number of rotatable bonds is 2. The summed E-state index contributed by atoms with van der Waals surface area (Å²) in [6.07, 6.45) is 0. The van der Waals surface area contributed by atoms with Crippen molar-refractivity contribution in [2.45, 2.75) is 39.9 Å². The summed E-state index contributed by atoms with van der Waals surface area (Å²) in [7, 11) is 0. The fraction of sp³-hybridized carbons (Fsp3) is 0.778. The minimum atomic E-state index is 0.259. The van der Waals surface area contributed by atoms with E-state index in [1.54, 1.807) is 0 Å². The third-order valence-corrected chi connectivity index (χ3v) is 2.58. The van der Waals surface area contributed by atoms with Gasteiger partial charge in [0.2, 0.25) is 0 Å². The molecule has 0 aromatic heterocycles. The van der Waals surface area contributed by atoms with Crippen LogP contribution in [0.2, 0.25) is 0 Å². The predicted octanol–water partition coefficient (Wildman–Crippen LogP) is 3.69. The number of hydrogen-bond donors (Lipinski definition) is 0. The predicted molar refractivity (Wildman–Crippen MR) is 51.3 cm³/mol. The summed E-state index contributed by atoms with van der Waals surface area (Å²) in [6.45, 7) is 15.0. The van der Waals surface area contributed by atoms with Crippen LogP contribution in [0, 0.1) is 5.41 Å². The van der Waals surface area contributed by atoms with E-state index in [1.807, 2.05) is 11.8 Å². The smallest absolute Gasteiger partial charge is 0.00345 e. The molecule has 0 aliphatic carbocycles. The van der Waals surface area contributed by atoms with Gasteiger partial charge < -0.3 is 0 Å². The minimum Gasteiger partial charge on any atom is -0.128 e. The van der Waals surface area contributed by atoms with Crippen LogP contribution >= 0.6 is 11.8 Å². The van der Waals surface area contributed by atoms with Gasteiger partial charge in [-0.15, -0.1) is 11.8 Å². The quantitative estimate of drug-likeness (QED) is 0.590. The van der Waals surface area contributed by atoms with E-state index in [1.165, 1.54) is 4.91 Å². The molecule has 1 heteroatoms. The lowest BCUT2D eigenvalue weighted by Gasteiger charge is -2.22. The molecule has 60 valence electrons. The van der Waals surface area contributed by atoms with Crippen molar-refractivity contribution < 1.29 is 0 Å². The van der Waals surface area contributed by atoms with Crippen molar-refractivity contribution in [3.63, 3.8) is 0 Å². The van der Waals surface area contributed by atoms with E-state index in [2.05, 4.69) is 41.2 Å². The third kappa shape index (κ3) is 3.99. The second-order valence-electron chi connectivity index (χ2n) is 3.84. The maximum absolute atomic E-state index is 4.03. The van der Waals surface area contributed by atoms with Gasteiger partial charge in [0.1, 0.15) is 0 Å². The van der Waals surface area contributed by atoms with Gasteiger partial charge in [0.15, 0.2) is 0 Å². The average molecular weight is 158 g/mol. The van der Waals surface area contributed by atoms with Crippen LogP contribution in [0.25, 0.3) is 0 Å². The highest BCUT2D eigenvalue weighted by Crippen LogP contribution is 2.34. The van der Waals surface area contributed by atoms with E-state index in [9.17, 15) is 0 Å². The molecule has 0 saturated carbocycles. The van der Waals surface area contributed by atoms with E-state index in [4.69, 9.17) is 0 Å². The minimum absolute atomic E-state index is 0.259. The zero-order valence-electron chi connectivity index (χ0n) is 7.69. The molecule has 0 nitrogen and oxygen atoms in total. The normalized spacial score (nSPS) is 12.2. The summed E-state index contributed by atoms with van der Waals surface area (Å²) in [5.41, 5.74) is 0.259. The standard InChI is InChI=1S/C9H18S/c1-7(2)10-8(3)9(4,5)6/h7H,3H2,1-2,4-6H3. The maximum Gasteiger partial charge on any atom is 0.00345 e. The summed E-state index contributed by atoms with van der Waals surface area (Å²) < 4.78 is 0. The molecule has 0 spiro atoms.